The molecule has 2 aromatic carbocycles. The van der Waals surface area contributed by atoms with Crippen molar-refractivity contribution in [2.24, 2.45) is 5.41 Å². The number of hydrogen-bond donors (Lipinski definition) is 1. The van der Waals surface area contributed by atoms with E-state index in [1.54, 1.807) is 11.6 Å². The molecule has 2 aliphatic rings. The van der Waals surface area contributed by atoms with Crippen molar-refractivity contribution in [3.8, 4) is 0 Å². The number of hydrogen-bond acceptors (Lipinski definition) is 2. The van der Waals surface area contributed by atoms with Crippen molar-refractivity contribution < 1.29 is 4.39 Å². The fourth-order valence-electron chi connectivity index (χ4n) is 4.11. The zero-order valence-corrected chi connectivity index (χ0v) is 13.8. The van der Waals surface area contributed by atoms with Crippen LogP contribution in [0.3, 0.4) is 0 Å². The van der Waals surface area contributed by atoms with Gasteiger partial charge in [-0.25, -0.2) is 4.39 Å². The summed E-state index contributed by atoms with van der Waals surface area (Å²) in [5.74, 6) is -0.209. The maximum absolute atomic E-state index is 14.1. The fourth-order valence-corrected chi connectivity index (χ4v) is 4.11. The van der Waals surface area contributed by atoms with E-state index in [0.717, 1.165) is 38.8 Å². The first kappa shape index (κ1) is 15.3. The molecule has 1 fully saturated rings. The fraction of sp³-hybridized carbons (Fsp3) is 0.333. The van der Waals surface area contributed by atoms with Gasteiger partial charge in [-0.3, -0.25) is 0 Å². The summed E-state index contributed by atoms with van der Waals surface area (Å²) in [5, 5.41) is 0. The van der Waals surface area contributed by atoms with Crippen molar-refractivity contribution in [1.82, 2.24) is 0 Å². The molecule has 0 bridgehead atoms. The maximum Gasteiger partial charge on any atom is 0.148 e. The summed E-state index contributed by atoms with van der Waals surface area (Å²) in [6.07, 6.45) is 6.98. The van der Waals surface area contributed by atoms with Crippen LogP contribution in [-0.2, 0) is 6.42 Å². The third-order valence-electron chi connectivity index (χ3n) is 5.36. The molecule has 2 nitrogen and oxygen atoms in total. The molecular weight excluding hydrogens is 299 g/mol. The highest BCUT2D eigenvalue weighted by Crippen LogP contribution is 2.48. The van der Waals surface area contributed by atoms with Crippen LogP contribution in [0.5, 0.6) is 0 Å². The second kappa shape index (κ2) is 5.97. The Balaban J connectivity index is 1.38. The lowest BCUT2D eigenvalue weighted by Crippen LogP contribution is -2.32. The van der Waals surface area contributed by atoms with E-state index >= 15 is 0 Å². The van der Waals surface area contributed by atoms with Crippen LogP contribution in [-0.4, -0.2) is 13.1 Å². The van der Waals surface area contributed by atoms with Crippen LogP contribution in [0.2, 0.25) is 0 Å². The molecule has 1 saturated heterocycles. The molecule has 2 aromatic rings. The normalized spacial score (nSPS) is 22.5. The molecule has 3 heteroatoms. The third kappa shape index (κ3) is 2.91. The van der Waals surface area contributed by atoms with Gasteiger partial charge < -0.3 is 10.6 Å². The van der Waals surface area contributed by atoms with Gasteiger partial charge in [0, 0.05) is 24.2 Å². The SMILES string of the molecule is Nc1ccc(N2CCC3(C=C(CCc4ccccc4)C3)C2)c(F)c1. The minimum Gasteiger partial charge on any atom is -0.399 e. The number of aryl methyl sites for hydroxylation is 1. The first-order valence-electron chi connectivity index (χ1n) is 8.68. The van der Waals surface area contributed by atoms with E-state index in [1.807, 2.05) is 6.07 Å². The lowest BCUT2D eigenvalue weighted by Gasteiger charge is -2.37. The number of nitrogens with two attached hydrogens (primary N) is 1. The highest BCUT2D eigenvalue weighted by atomic mass is 19.1. The van der Waals surface area contributed by atoms with E-state index in [4.69, 9.17) is 5.73 Å². The van der Waals surface area contributed by atoms with Gasteiger partial charge in [0.05, 0.1) is 5.69 Å². The average Bonchev–Trinajstić information content (AvgIpc) is 2.98. The Bertz CT molecular complexity index is 769. The molecule has 1 aliphatic carbocycles. The van der Waals surface area contributed by atoms with Crippen molar-refractivity contribution in [3.05, 3.63) is 71.6 Å². The van der Waals surface area contributed by atoms with E-state index in [9.17, 15) is 4.39 Å². The van der Waals surface area contributed by atoms with Gasteiger partial charge in [-0.1, -0.05) is 42.0 Å². The van der Waals surface area contributed by atoms with Gasteiger partial charge in [0.25, 0.3) is 0 Å². The van der Waals surface area contributed by atoms with Crippen molar-refractivity contribution >= 4 is 11.4 Å². The number of nitrogen functional groups attached to an aromatic ring is 1. The van der Waals surface area contributed by atoms with Gasteiger partial charge in [0.2, 0.25) is 0 Å². The predicted molar refractivity (Wildman–Crippen MR) is 97.5 cm³/mol. The summed E-state index contributed by atoms with van der Waals surface area (Å²) >= 11 is 0. The molecule has 0 radical (unpaired) electrons. The number of benzene rings is 2. The molecule has 1 aliphatic heterocycles. The zero-order valence-electron chi connectivity index (χ0n) is 13.8. The summed E-state index contributed by atoms with van der Waals surface area (Å²) in [4.78, 5) is 2.17. The van der Waals surface area contributed by atoms with Gasteiger partial charge in [-0.2, -0.15) is 0 Å². The second-order valence-electron chi connectivity index (χ2n) is 7.21. The van der Waals surface area contributed by atoms with Crippen LogP contribution < -0.4 is 10.6 Å². The Morgan fingerprint density at radius 3 is 2.62 bits per heavy atom. The van der Waals surface area contributed by atoms with Crippen molar-refractivity contribution in [2.45, 2.75) is 25.7 Å². The van der Waals surface area contributed by atoms with Crippen molar-refractivity contribution in [1.29, 1.82) is 0 Å². The number of rotatable bonds is 4. The third-order valence-corrected chi connectivity index (χ3v) is 5.36. The number of halogens is 1. The molecule has 24 heavy (non-hydrogen) atoms. The summed E-state index contributed by atoms with van der Waals surface area (Å²) in [5.41, 5.74) is 10.0. The quantitative estimate of drug-likeness (QED) is 0.660. The lowest BCUT2D eigenvalue weighted by atomic mass is 9.69. The molecule has 0 saturated carbocycles. The van der Waals surface area contributed by atoms with Crippen LogP contribution in [0.15, 0.2) is 60.2 Å². The Morgan fingerprint density at radius 1 is 1.08 bits per heavy atom. The average molecular weight is 322 g/mol. The lowest BCUT2D eigenvalue weighted by molar-refractivity contribution is 0.367. The van der Waals surface area contributed by atoms with Crippen LogP contribution >= 0.6 is 0 Å². The molecule has 4 rings (SSSR count). The highest BCUT2D eigenvalue weighted by molar-refractivity contribution is 5.56. The summed E-state index contributed by atoms with van der Waals surface area (Å²) in [7, 11) is 0. The highest BCUT2D eigenvalue weighted by Gasteiger charge is 2.42. The molecule has 0 aromatic heterocycles. The molecular formula is C21H23FN2. The first-order chi connectivity index (χ1) is 11.6. The van der Waals surface area contributed by atoms with Gasteiger partial charge in [0.15, 0.2) is 0 Å². The van der Waals surface area contributed by atoms with E-state index in [2.05, 4.69) is 41.3 Å². The van der Waals surface area contributed by atoms with E-state index in [0.29, 0.717) is 11.4 Å². The number of allylic oxidation sites excluding steroid dienone is 1. The Kier molecular flexibility index (Phi) is 3.79. The van der Waals surface area contributed by atoms with Crippen LogP contribution in [0.1, 0.15) is 24.8 Å². The van der Waals surface area contributed by atoms with Crippen molar-refractivity contribution in [3.63, 3.8) is 0 Å². The summed E-state index contributed by atoms with van der Waals surface area (Å²) in [6.45, 7) is 1.84. The molecule has 1 unspecified atom stereocenters. The van der Waals surface area contributed by atoms with Gasteiger partial charge in [0.1, 0.15) is 5.82 Å². The van der Waals surface area contributed by atoms with E-state index < -0.39 is 0 Å². The monoisotopic (exact) mass is 322 g/mol. The van der Waals surface area contributed by atoms with E-state index in [-0.39, 0.29) is 11.2 Å². The maximum atomic E-state index is 14.1. The second-order valence-corrected chi connectivity index (χ2v) is 7.21. The minimum atomic E-state index is -0.209. The number of nitrogens with zero attached hydrogens (tertiary/aromatic N) is 1. The Labute approximate surface area is 142 Å². The van der Waals surface area contributed by atoms with Crippen LogP contribution in [0, 0.1) is 11.2 Å². The standard InChI is InChI=1S/C21H23FN2/c22-19-12-18(23)8-9-20(19)24-11-10-21(15-24)13-17(14-21)7-6-16-4-2-1-3-5-16/h1-5,8-9,12-13H,6-7,10-11,14-15,23H2. The summed E-state index contributed by atoms with van der Waals surface area (Å²) in [6, 6.07) is 15.6. The predicted octanol–water partition coefficient (Wildman–Crippen LogP) is 4.57. The first-order valence-corrected chi connectivity index (χ1v) is 8.68. The Morgan fingerprint density at radius 2 is 1.88 bits per heavy atom. The molecule has 1 heterocycles. The topological polar surface area (TPSA) is 29.3 Å². The minimum absolute atomic E-state index is 0.209. The smallest absolute Gasteiger partial charge is 0.148 e. The van der Waals surface area contributed by atoms with Crippen molar-refractivity contribution in [2.75, 3.05) is 23.7 Å². The largest absolute Gasteiger partial charge is 0.399 e. The van der Waals surface area contributed by atoms with E-state index in [1.165, 1.54) is 11.6 Å². The summed E-state index contributed by atoms with van der Waals surface area (Å²) < 4.78 is 14.1. The molecule has 0 amide bonds. The van der Waals surface area contributed by atoms with Crippen LogP contribution in [0.4, 0.5) is 15.8 Å². The van der Waals surface area contributed by atoms with Gasteiger partial charge >= 0.3 is 0 Å². The molecule has 1 atom stereocenters. The number of anilines is 2. The van der Waals surface area contributed by atoms with Gasteiger partial charge in [-0.05, 0) is 49.4 Å². The molecule has 124 valence electrons. The van der Waals surface area contributed by atoms with Gasteiger partial charge in [-0.15, -0.1) is 0 Å². The Hall–Kier alpha value is -2.29. The zero-order chi connectivity index (χ0) is 16.6. The molecule has 2 N–H and O–H groups in total. The molecule has 1 spiro atoms. The van der Waals surface area contributed by atoms with Crippen LogP contribution in [0.25, 0.3) is 0 Å².